The number of ether oxygens (including phenoxy) is 1. The van der Waals surface area contributed by atoms with E-state index < -0.39 is 0 Å². The predicted molar refractivity (Wildman–Crippen MR) is 124 cm³/mol. The van der Waals surface area contributed by atoms with Crippen molar-refractivity contribution in [3.63, 3.8) is 0 Å². The first-order valence-corrected chi connectivity index (χ1v) is 11.5. The first kappa shape index (κ1) is 22.7. The fraction of sp³-hybridized carbons (Fsp3) is 0.240. The molecule has 6 nitrogen and oxygen atoms in total. The first-order valence-electron chi connectivity index (χ1n) is 10.6. The van der Waals surface area contributed by atoms with Gasteiger partial charge in [-0.15, -0.1) is 11.3 Å². The van der Waals surface area contributed by atoms with Crippen LogP contribution in [0.3, 0.4) is 0 Å². The molecule has 4 rings (SSSR count). The van der Waals surface area contributed by atoms with Gasteiger partial charge in [0.1, 0.15) is 11.6 Å². The summed E-state index contributed by atoms with van der Waals surface area (Å²) in [5, 5.41) is 5.97. The lowest BCUT2D eigenvalue weighted by Gasteiger charge is -2.23. The monoisotopic (exact) mass is 465 g/mol. The van der Waals surface area contributed by atoms with E-state index in [0.29, 0.717) is 49.6 Å². The molecule has 0 aliphatic heterocycles. The van der Waals surface area contributed by atoms with Crippen molar-refractivity contribution >= 4 is 17.2 Å². The number of methoxy groups -OCH3 is 1. The van der Waals surface area contributed by atoms with Crippen LogP contribution in [0.25, 0.3) is 11.4 Å². The average Bonchev–Trinajstić information content (AvgIpc) is 3.52. The molecule has 0 saturated heterocycles. The number of nitrogens with zero attached hydrogens (tertiary/aromatic N) is 3. The number of carbonyl (C=O) groups excluding carboxylic acids is 1. The minimum absolute atomic E-state index is 0.0487. The van der Waals surface area contributed by atoms with E-state index in [1.165, 1.54) is 12.1 Å². The Labute approximate surface area is 195 Å². The number of hydrogen-bond donors (Lipinski definition) is 0. The van der Waals surface area contributed by atoms with E-state index >= 15 is 0 Å². The second-order valence-electron chi connectivity index (χ2n) is 7.51. The Balaban J connectivity index is 1.38. The zero-order chi connectivity index (χ0) is 23.0. The summed E-state index contributed by atoms with van der Waals surface area (Å²) in [4.78, 5) is 20.4. The summed E-state index contributed by atoms with van der Waals surface area (Å²) >= 11 is 1.63. The van der Waals surface area contributed by atoms with Crippen LogP contribution in [-0.2, 0) is 24.3 Å². The average molecular weight is 466 g/mol. The molecule has 170 valence electrons. The zero-order valence-corrected chi connectivity index (χ0v) is 19.1. The normalized spacial score (nSPS) is 10.8. The van der Waals surface area contributed by atoms with Crippen molar-refractivity contribution < 1.29 is 18.4 Å². The van der Waals surface area contributed by atoms with Crippen molar-refractivity contribution in [2.24, 2.45) is 0 Å². The smallest absolute Gasteiger partial charge is 0.226 e. The highest BCUT2D eigenvalue weighted by Gasteiger charge is 2.18. The van der Waals surface area contributed by atoms with Crippen LogP contribution in [0.4, 0.5) is 4.39 Å². The molecule has 0 bridgehead atoms. The van der Waals surface area contributed by atoms with Gasteiger partial charge in [0.25, 0.3) is 0 Å². The maximum atomic E-state index is 13.1. The molecule has 0 unspecified atom stereocenters. The quantitative estimate of drug-likeness (QED) is 0.309. The van der Waals surface area contributed by atoms with Crippen LogP contribution >= 0.6 is 11.3 Å². The molecule has 2 aromatic carbocycles. The zero-order valence-electron chi connectivity index (χ0n) is 18.2. The van der Waals surface area contributed by atoms with E-state index in [2.05, 4.69) is 10.1 Å². The fourth-order valence-corrected chi connectivity index (χ4v) is 4.20. The molecule has 1 amide bonds. The standard InChI is InChI=1S/C25H24FN3O3S/c1-31-22-8-3-2-6-19(22)16-29(17-21-7-5-15-33-21)24(30)10-4-9-23-27-25(28-32-23)18-11-13-20(26)14-12-18/h2-3,5-8,11-15H,4,9-10,16-17H2,1H3. The van der Waals surface area contributed by atoms with Crippen molar-refractivity contribution in [3.8, 4) is 17.1 Å². The SMILES string of the molecule is COc1ccccc1CN(Cc1cccs1)C(=O)CCCc1nc(-c2ccc(F)cc2)no1. The highest BCUT2D eigenvalue weighted by atomic mass is 32.1. The molecule has 0 atom stereocenters. The molecule has 0 spiro atoms. The van der Waals surface area contributed by atoms with Gasteiger partial charge in [-0.3, -0.25) is 4.79 Å². The van der Waals surface area contributed by atoms with E-state index in [9.17, 15) is 9.18 Å². The van der Waals surface area contributed by atoms with Crippen molar-refractivity contribution in [2.75, 3.05) is 7.11 Å². The van der Waals surface area contributed by atoms with Gasteiger partial charge >= 0.3 is 0 Å². The fourth-order valence-electron chi connectivity index (χ4n) is 3.48. The first-order chi connectivity index (χ1) is 16.1. The highest BCUT2D eigenvalue weighted by Crippen LogP contribution is 2.23. The van der Waals surface area contributed by atoms with Crippen LogP contribution in [0.5, 0.6) is 5.75 Å². The number of amides is 1. The third kappa shape index (κ3) is 6.04. The van der Waals surface area contributed by atoms with Gasteiger partial charge in [0, 0.05) is 35.4 Å². The number of para-hydroxylation sites is 1. The summed E-state index contributed by atoms with van der Waals surface area (Å²) in [5.74, 6) is 1.36. The van der Waals surface area contributed by atoms with E-state index in [1.807, 2.05) is 46.7 Å². The summed E-state index contributed by atoms with van der Waals surface area (Å²) < 4.78 is 23.9. The van der Waals surface area contributed by atoms with Crippen LogP contribution in [0.1, 0.15) is 29.2 Å². The number of thiophene rings is 1. The van der Waals surface area contributed by atoms with Gasteiger partial charge in [-0.1, -0.05) is 29.4 Å². The van der Waals surface area contributed by atoms with Gasteiger partial charge in [0.15, 0.2) is 0 Å². The largest absolute Gasteiger partial charge is 0.496 e. The number of carbonyl (C=O) groups is 1. The summed E-state index contributed by atoms with van der Waals surface area (Å²) in [5.41, 5.74) is 1.65. The molecule has 0 aliphatic carbocycles. The Bertz CT molecular complexity index is 1180. The molecule has 33 heavy (non-hydrogen) atoms. The minimum Gasteiger partial charge on any atom is -0.496 e. The number of rotatable bonds is 10. The van der Waals surface area contributed by atoms with Crippen molar-refractivity contribution in [2.45, 2.75) is 32.4 Å². The Kier molecular flexibility index (Phi) is 7.47. The van der Waals surface area contributed by atoms with E-state index in [0.717, 1.165) is 16.2 Å². The molecule has 8 heteroatoms. The van der Waals surface area contributed by atoms with Crippen molar-refractivity contribution in [3.05, 3.63) is 88.2 Å². The number of benzene rings is 2. The Morgan fingerprint density at radius 3 is 2.67 bits per heavy atom. The summed E-state index contributed by atoms with van der Waals surface area (Å²) in [6, 6.07) is 17.7. The van der Waals surface area contributed by atoms with Crippen LogP contribution in [-0.4, -0.2) is 28.1 Å². The van der Waals surface area contributed by atoms with Crippen LogP contribution in [0.15, 0.2) is 70.6 Å². The molecule has 0 aliphatic rings. The van der Waals surface area contributed by atoms with Gasteiger partial charge in [-0.2, -0.15) is 4.98 Å². The number of aromatic nitrogens is 2. The Hall–Kier alpha value is -3.52. The molecular formula is C25H24FN3O3S. The van der Waals surface area contributed by atoms with Crippen LogP contribution < -0.4 is 4.74 Å². The number of hydrogen-bond acceptors (Lipinski definition) is 6. The van der Waals surface area contributed by atoms with E-state index in [-0.39, 0.29) is 11.7 Å². The summed E-state index contributed by atoms with van der Waals surface area (Å²) in [6.07, 6.45) is 1.42. The highest BCUT2D eigenvalue weighted by molar-refractivity contribution is 7.09. The van der Waals surface area contributed by atoms with E-state index in [1.54, 1.807) is 30.6 Å². The van der Waals surface area contributed by atoms with Gasteiger partial charge in [0.05, 0.1) is 13.7 Å². The molecule has 4 aromatic rings. The lowest BCUT2D eigenvalue weighted by molar-refractivity contribution is -0.132. The number of aryl methyl sites for hydroxylation is 1. The third-order valence-corrected chi connectivity index (χ3v) is 6.05. The van der Waals surface area contributed by atoms with Gasteiger partial charge < -0.3 is 14.2 Å². The predicted octanol–water partition coefficient (Wildman–Crippen LogP) is 5.50. The number of halogens is 1. The van der Waals surface area contributed by atoms with Gasteiger partial charge in [0.2, 0.25) is 17.6 Å². The molecule has 0 saturated carbocycles. The molecule has 0 N–H and O–H groups in total. The molecule has 0 fully saturated rings. The molecule has 2 aromatic heterocycles. The summed E-state index contributed by atoms with van der Waals surface area (Å²) in [6.45, 7) is 1.01. The maximum absolute atomic E-state index is 13.1. The second-order valence-corrected chi connectivity index (χ2v) is 8.55. The molecule has 0 radical (unpaired) electrons. The second kappa shape index (κ2) is 10.9. The lowest BCUT2D eigenvalue weighted by atomic mass is 10.1. The van der Waals surface area contributed by atoms with Gasteiger partial charge in [-0.05, 0) is 48.2 Å². The van der Waals surface area contributed by atoms with Crippen molar-refractivity contribution in [1.29, 1.82) is 0 Å². The lowest BCUT2D eigenvalue weighted by Crippen LogP contribution is -2.29. The van der Waals surface area contributed by atoms with Crippen LogP contribution in [0, 0.1) is 5.82 Å². The van der Waals surface area contributed by atoms with Gasteiger partial charge in [-0.25, -0.2) is 4.39 Å². The van der Waals surface area contributed by atoms with E-state index in [4.69, 9.17) is 9.26 Å². The minimum atomic E-state index is -0.318. The van der Waals surface area contributed by atoms with Crippen LogP contribution in [0.2, 0.25) is 0 Å². The Morgan fingerprint density at radius 2 is 1.91 bits per heavy atom. The molecular weight excluding hydrogens is 441 g/mol. The summed E-state index contributed by atoms with van der Waals surface area (Å²) in [7, 11) is 1.63. The Morgan fingerprint density at radius 1 is 1.09 bits per heavy atom. The third-order valence-electron chi connectivity index (χ3n) is 5.19. The molecule has 2 heterocycles. The topological polar surface area (TPSA) is 68.5 Å². The maximum Gasteiger partial charge on any atom is 0.226 e. The van der Waals surface area contributed by atoms with Crippen molar-refractivity contribution in [1.82, 2.24) is 15.0 Å².